The van der Waals surface area contributed by atoms with Gasteiger partial charge in [0.15, 0.2) is 0 Å². The number of nitrogens with zero attached hydrogens (tertiary/aromatic N) is 1. The molecular weight excluding hydrogens is 499 g/mol. The second kappa shape index (κ2) is 14.0. The molecule has 8 heteroatoms. The molecule has 0 bridgehead atoms. The maximum atomic E-state index is 13.5. The first-order valence-electron chi connectivity index (χ1n) is 13.7. The van der Waals surface area contributed by atoms with Crippen molar-refractivity contribution in [2.75, 3.05) is 19.8 Å². The van der Waals surface area contributed by atoms with E-state index in [9.17, 15) is 23.9 Å². The molecule has 0 aromatic heterocycles. The van der Waals surface area contributed by atoms with Crippen LogP contribution in [0.1, 0.15) is 43.2 Å². The van der Waals surface area contributed by atoms with E-state index in [1.807, 2.05) is 42.5 Å². The van der Waals surface area contributed by atoms with Gasteiger partial charge in [-0.1, -0.05) is 54.6 Å². The number of hydrogen-bond donors (Lipinski definition) is 2. The zero-order valence-electron chi connectivity index (χ0n) is 22.1. The van der Waals surface area contributed by atoms with E-state index in [-0.39, 0.29) is 49.3 Å². The van der Waals surface area contributed by atoms with E-state index in [0.717, 1.165) is 24.0 Å². The number of aliphatic hydroxyl groups is 1. The minimum Gasteiger partial charge on any atom is -0.463 e. The van der Waals surface area contributed by atoms with Crippen molar-refractivity contribution in [3.63, 3.8) is 0 Å². The van der Waals surface area contributed by atoms with Crippen molar-refractivity contribution in [1.29, 1.82) is 0 Å². The fourth-order valence-electron chi connectivity index (χ4n) is 5.36. The first-order chi connectivity index (χ1) is 18.9. The Kier molecular flexibility index (Phi) is 10.3. The highest BCUT2D eigenvalue weighted by Crippen LogP contribution is 2.25. The number of cyclic esters (lactones) is 1. The number of aliphatic hydroxyl groups excluding tert-OH is 1. The Labute approximate surface area is 229 Å². The molecule has 2 aliphatic heterocycles. The summed E-state index contributed by atoms with van der Waals surface area (Å²) >= 11 is 0. The second-order valence-electron chi connectivity index (χ2n) is 10.5. The molecule has 0 spiro atoms. The number of rotatable bonds is 8. The average Bonchev–Trinajstić information content (AvgIpc) is 3.41. The summed E-state index contributed by atoms with van der Waals surface area (Å²) < 4.78 is 19.0. The van der Waals surface area contributed by atoms with Crippen LogP contribution in [-0.2, 0) is 32.0 Å². The van der Waals surface area contributed by atoms with E-state index in [2.05, 4.69) is 5.32 Å². The summed E-state index contributed by atoms with van der Waals surface area (Å²) in [4.78, 5) is 41.2. The highest BCUT2D eigenvalue weighted by molar-refractivity contribution is 5.86. The lowest BCUT2D eigenvalue weighted by Gasteiger charge is -2.29. The van der Waals surface area contributed by atoms with Crippen molar-refractivity contribution in [3.05, 3.63) is 83.7 Å². The number of carbonyl (C=O) groups is 3. The highest BCUT2D eigenvalue weighted by Gasteiger charge is 2.35. The summed E-state index contributed by atoms with van der Waals surface area (Å²) in [6, 6.07) is 15.1. The Morgan fingerprint density at radius 3 is 2.46 bits per heavy atom. The van der Waals surface area contributed by atoms with E-state index in [0.29, 0.717) is 32.2 Å². The first kappa shape index (κ1) is 28.5. The molecule has 4 atom stereocenters. The summed E-state index contributed by atoms with van der Waals surface area (Å²) in [5.41, 5.74) is 1.85. The summed E-state index contributed by atoms with van der Waals surface area (Å²) in [5, 5.41) is 12.7. The van der Waals surface area contributed by atoms with Crippen LogP contribution in [0.15, 0.2) is 66.7 Å². The minimum absolute atomic E-state index is 0.0104. The number of fused-ring (bicyclic) bond motifs is 1. The van der Waals surface area contributed by atoms with Gasteiger partial charge in [-0.25, -0.2) is 4.39 Å². The van der Waals surface area contributed by atoms with Gasteiger partial charge in [0, 0.05) is 13.0 Å². The molecule has 1 fully saturated rings. The van der Waals surface area contributed by atoms with Crippen LogP contribution in [0.5, 0.6) is 0 Å². The molecule has 0 aliphatic carbocycles. The van der Waals surface area contributed by atoms with Gasteiger partial charge in [-0.05, 0) is 61.8 Å². The smallest absolute Gasteiger partial charge is 0.309 e. The van der Waals surface area contributed by atoms with Crippen molar-refractivity contribution in [3.8, 4) is 0 Å². The van der Waals surface area contributed by atoms with Gasteiger partial charge in [-0.15, -0.1) is 0 Å². The van der Waals surface area contributed by atoms with Gasteiger partial charge in [-0.3, -0.25) is 14.4 Å². The predicted molar refractivity (Wildman–Crippen MR) is 145 cm³/mol. The van der Waals surface area contributed by atoms with Crippen LogP contribution in [0, 0.1) is 17.7 Å². The molecule has 2 heterocycles. The lowest BCUT2D eigenvalue weighted by Crippen LogP contribution is -2.45. The van der Waals surface area contributed by atoms with E-state index in [4.69, 9.17) is 4.74 Å². The number of ether oxygens (including phenoxy) is 1. The average molecular weight is 537 g/mol. The SMILES string of the molecule is O=C(C[C@H]1C/C=C/C[C@@H](Cc2ccc(F)cc2)C(=O)OC[C@H]2CCCN2C1=O)N[C@H](CO)Cc1ccccc1. The molecule has 0 saturated carbocycles. The quantitative estimate of drug-likeness (QED) is 0.397. The molecule has 1 saturated heterocycles. The number of esters is 1. The zero-order chi connectivity index (χ0) is 27.6. The van der Waals surface area contributed by atoms with Crippen molar-refractivity contribution in [2.45, 2.75) is 57.0 Å². The maximum absolute atomic E-state index is 13.5. The fourth-order valence-corrected chi connectivity index (χ4v) is 5.36. The van der Waals surface area contributed by atoms with Crippen molar-refractivity contribution in [1.82, 2.24) is 10.2 Å². The third-order valence-corrected chi connectivity index (χ3v) is 7.51. The lowest BCUT2D eigenvalue weighted by atomic mass is 9.94. The van der Waals surface area contributed by atoms with Gasteiger partial charge in [0.1, 0.15) is 12.4 Å². The van der Waals surface area contributed by atoms with Gasteiger partial charge in [0.2, 0.25) is 11.8 Å². The van der Waals surface area contributed by atoms with Gasteiger partial charge in [-0.2, -0.15) is 0 Å². The van der Waals surface area contributed by atoms with Gasteiger partial charge >= 0.3 is 5.97 Å². The topological polar surface area (TPSA) is 95.9 Å². The zero-order valence-corrected chi connectivity index (χ0v) is 22.1. The lowest BCUT2D eigenvalue weighted by molar-refractivity contribution is -0.152. The predicted octanol–water partition coefficient (Wildman–Crippen LogP) is 3.59. The van der Waals surface area contributed by atoms with E-state index >= 15 is 0 Å². The Morgan fingerprint density at radius 2 is 1.74 bits per heavy atom. The Hall–Kier alpha value is -3.52. The molecule has 0 unspecified atom stereocenters. The molecule has 39 heavy (non-hydrogen) atoms. The Bertz CT molecular complexity index is 1140. The molecule has 2 aliphatic rings. The minimum atomic E-state index is -0.552. The molecule has 2 aromatic rings. The molecule has 7 nitrogen and oxygen atoms in total. The fraction of sp³-hybridized carbons (Fsp3) is 0.452. The molecule has 208 valence electrons. The summed E-state index contributed by atoms with van der Waals surface area (Å²) in [5.74, 6) is -2.02. The molecule has 2 amide bonds. The van der Waals surface area contributed by atoms with Crippen molar-refractivity contribution in [2.24, 2.45) is 11.8 Å². The van der Waals surface area contributed by atoms with Crippen LogP contribution >= 0.6 is 0 Å². The number of carbonyl (C=O) groups excluding carboxylic acids is 3. The molecule has 2 N–H and O–H groups in total. The largest absolute Gasteiger partial charge is 0.463 e. The number of benzene rings is 2. The molecular formula is C31H37FN2O5. The Morgan fingerprint density at radius 1 is 1.03 bits per heavy atom. The van der Waals surface area contributed by atoms with E-state index in [1.54, 1.807) is 17.0 Å². The molecule has 4 rings (SSSR count). The summed E-state index contributed by atoms with van der Waals surface area (Å²) in [6.45, 7) is 0.486. The van der Waals surface area contributed by atoms with Crippen LogP contribution < -0.4 is 5.32 Å². The van der Waals surface area contributed by atoms with E-state index < -0.39 is 17.9 Å². The third-order valence-electron chi connectivity index (χ3n) is 7.51. The van der Waals surface area contributed by atoms with Gasteiger partial charge in [0.25, 0.3) is 0 Å². The van der Waals surface area contributed by atoms with Gasteiger partial charge in [0.05, 0.1) is 30.5 Å². The summed E-state index contributed by atoms with van der Waals surface area (Å²) in [6.07, 6.45) is 6.99. The summed E-state index contributed by atoms with van der Waals surface area (Å²) in [7, 11) is 0. The normalized spacial score (nSPS) is 23.6. The second-order valence-corrected chi connectivity index (χ2v) is 10.5. The van der Waals surface area contributed by atoms with E-state index in [1.165, 1.54) is 12.1 Å². The van der Waals surface area contributed by atoms with Crippen molar-refractivity contribution >= 4 is 17.8 Å². The molecule has 0 radical (unpaired) electrons. The monoisotopic (exact) mass is 536 g/mol. The third kappa shape index (κ3) is 8.23. The number of amides is 2. The van der Waals surface area contributed by atoms with Crippen LogP contribution in [0.4, 0.5) is 4.39 Å². The van der Waals surface area contributed by atoms with Crippen LogP contribution in [-0.4, -0.2) is 59.6 Å². The number of hydrogen-bond acceptors (Lipinski definition) is 5. The Balaban J connectivity index is 1.44. The van der Waals surface area contributed by atoms with Crippen LogP contribution in [0.2, 0.25) is 0 Å². The van der Waals surface area contributed by atoms with Gasteiger partial charge < -0.3 is 20.1 Å². The number of nitrogens with one attached hydrogen (secondary N) is 1. The molecule has 2 aromatic carbocycles. The van der Waals surface area contributed by atoms with Crippen molar-refractivity contribution < 1.29 is 28.6 Å². The van der Waals surface area contributed by atoms with Crippen LogP contribution in [0.25, 0.3) is 0 Å². The first-order valence-corrected chi connectivity index (χ1v) is 13.7. The van der Waals surface area contributed by atoms with Crippen LogP contribution in [0.3, 0.4) is 0 Å². The number of halogens is 1. The highest BCUT2D eigenvalue weighted by atomic mass is 19.1. The number of allylic oxidation sites excluding steroid dienone is 2. The maximum Gasteiger partial charge on any atom is 0.309 e. The standard InChI is InChI=1S/C31H37FN2O5/c32-26-14-12-23(13-15-26)17-25-10-5-4-9-24(30(37)34-16-6-11-28(34)21-39-31(25)38)19-29(36)33-27(20-35)18-22-7-2-1-3-8-22/h1-5,7-8,12-15,24-25,27-28,35H,6,9-11,16-21H2,(H,33,36)/b5-4+/t24-,25+,27+,28-/m1/s1.